The average Bonchev–Trinajstić information content (AvgIpc) is 2.42. The zero-order valence-electron chi connectivity index (χ0n) is 10.9. The lowest BCUT2D eigenvalue weighted by Crippen LogP contribution is -2.46. The molecule has 0 bridgehead atoms. The number of benzene rings is 1. The zero-order chi connectivity index (χ0) is 12.4. The summed E-state index contributed by atoms with van der Waals surface area (Å²) in [5.41, 5.74) is 1.46. The van der Waals surface area contributed by atoms with Gasteiger partial charge in [0.2, 0.25) is 0 Å². The van der Waals surface area contributed by atoms with Gasteiger partial charge in [-0.3, -0.25) is 4.90 Å². The highest BCUT2D eigenvalue weighted by Crippen LogP contribution is 2.35. The summed E-state index contributed by atoms with van der Waals surface area (Å²) in [5, 5.41) is 0. The van der Waals surface area contributed by atoms with Crippen molar-refractivity contribution >= 4 is 15.9 Å². The Morgan fingerprint density at radius 2 is 1.72 bits per heavy atom. The van der Waals surface area contributed by atoms with Gasteiger partial charge >= 0.3 is 0 Å². The summed E-state index contributed by atoms with van der Waals surface area (Å²) in [4.78, 5) is 2.75. The van der Waals surface area contributed by atoms with Crippen LogP contribution >= 0.6 is 15.9 Å². The van der Waals surface area contributed by atoms with Crippen LogP contribution < -0.4 is 0 Å². The number of rotatable bonds is 2. The van der Waals surface area contributed by atoms with E-state index in [1.165, 1.54) is 55.1 Å². The van der Waals surface area contributed by atoms with Gasteiger partial charge in [0.05, 0.1) is 0 Å². The van der Waals surface area contributed by atoms with E-state index in [9.17, 15) is 0 Å². The minimum Gasteiger partial charge on any atom is -0.296 e. The van der Waals surface area contributed by atoms with Crippen molar-refractivity contribution in [2.45, 2.75) is 51.1 Å². The molecule has 98 valence electrons. The van der Waals surface area contributed by atoms with Gasteiger partial charge in [-0.2, -0.15) is 0 Å². The van der Waals surface area contributed by atoms with E-state index in [0.717, 1.165) is 18.5 Å². The van der Waals surface area contributed by atoms with E-state index >= 15 is 0 Å². The van der Waals surface area contributed by atoms with Gasteiger partial charge in [-0.05, 0) is 55.8 Å². The van der Waals surface area contributed by atoms with Crippen molar-refractivity contribution in [3.63, 3.8) is 0 Å². The molecule has 2 heteroatoms. The van der Waals surface area contributed by atoms with E-state index in [1.54, 1.807) is 0 Å². The number of fused-ring (bicyclic) bond motifs is 1. The summed E-state index contributed by atoms with van der Waals surface area (Å²) in [5.74, 6) is 0.989. The molecule has 2 fully saturated rings. The molecule has 2 atom stereocenters. The normalized spacial score (nSPS) is 28.9. The largest absolute Gasteiger partial charge is 0.296 e. The van der Waals surface area contributed by atoms with Gasteiger partial charge in [0, 0.05) is 17.1 Å². The number of hydrogen-bond donors (Lipinski definition) is 0. The van der Waals surface area contributed by atoms with Gasteiger partial charge < -0.3 is 0 Å². The molecule has 0 aromatic heterocycles. The highest BCUT2D eigenvalue weighted by atomic mass is 79.9. The smallest absolute Gasteiger partial charge is 0.0236 e. The molecule has 0 unspecified atom stereocenters. The second-order valence-corrected chi connectivity index (χ2v) is 6.77. The predicted molar refractivity (Wildman–Crippen MR) is 79.5 cm³/mol. The van der Waals surface area contributed by atoms with Gasteiger partial charge in [0.15, 0.2) is 0 Å². The van der Waals surface area contributed by atoms with E-state index in [2.05, 4.69) is 45.1 Å². The highest BCUT2D eigenvalue weighted by Gasteiger charge is 2.32. The van der Waals surface area contributed by atoms with Crippen molar-refractivity contribution in [2.75, 3.05) is 6.54 Å². The van der Waals surface area contributed by atoms with Gasteiger partial charge in [-0.25, -0.2) is 0 Å². The first-order valence-electron chi connectivity index (χ1n) is 7.31. The molecule has 1 aromatic rings. The monoisotopic (exact) mass is 307 g/mol. The van der Waals surface area contributed by atoms with Crippen LogP contribution in [0.3, 0.4) is 0 Å². The minimum atomic E-state index is 0.871. The summed E-state index contributed by atoms with van der Waals surface area (Å²) >= 11 is 3.51. The molecule has 1 aromatic carbocycles. The molecule has 0 N–H and O–H groups in total. The average molecular weight is 308 g/mol. The number of likely N-dealkylation sites (tertiary alicyclic amines) is 1. The molecule has 3 rings (SSSR count). The van der Waals surface area contributed by atoms with Gasteiger partial charge in [0.1, 0.15) is 0 Å². The van der Waals surface area contributed by atoms with Crippen LogP contribution in [0.2, 0.25) is 0 Å². The first-order chi connectivity index (χ1) is 8.83. The van der Waals surface area contributed by atoms with Crippen LogP contribution in [0, 0.1) is 5.92 Å². The van der Waals surface area contributed by atoms with Gasteiger partial charge in [0.25, 0.3) is 0 Å². The predicted octanol–water partition coefficient (Wildman–Crippen LogP) is 4.60. The first kappa shape index (κ1) is 12.7. The maximum Gasteiger partial charge on any atom is 0.0236 e. The number of nitrogens with zero attached hydrogens (tertiary/aromatic N) is 1. The lowest BCUT2D eigenvalue weighted by atomic mass is 9.78. The Labute approximate surface area is 119 Å². The molecular formula is C16H22BrN. The number of hydrogen-bond acceptors (Lipinski definition) is 1. The lowest BCUT2D eigenvalue weighted by Gasteiger charge is -2.44. The second-order valence-electron chi connectivity index (χ2n) is 5.85. The van der Waals surface area contributed by atoms with E-state index in [1.807, 2.05) is 0 Å². The molecule has 1 aliphatic heterocycles. The van der Waals surface area contributed by atoms with Crippen LogP contribution in [0.15, 0.2) is 28.7 Å². The van der Waals surface area contributed by atoms with Crippen LogP contribution in [0.25, 0.3) is 0 Å². The second kappa shape index (κ2) is 5.75. The van der Waals surface area contributed by atoms with Crippen molar-refractivity contribution in [1.29, 1.82) is 0 Å². The molecule has 1 heterocycles. The van der Waals surface area contributed by atoms with Crippen molar-refractivity contribution in [2.24, 2.45) is 5.92 Å². The van der Waals surface area contributed by atoms with Crippen molar-refractivity contribution in [3.8, 4) is 0 Å². The highest BCUT2D eigenvalue weighted by molar-refractivity contribution is 9.10. The summed E-state index contributed by atoms with van der Waals surface area (Å²) in [6.45, 7) is 2.45. The summed E-state index contributed by atoms with van der Waals surface area (Å²) in [6, 6.07) is 9.72. The Hall–Kier alpha value is -0.340. The van der Waals surface area contributed by atoms with Crippen LogP contribution in [0.5, 0.6) is 0 Å². The van der Waals surface area contributed by atoms with Crippen LogP contribution in [-0.4, -0.2) is 17.5 Å². The quantitative estimate of drug-likeness (QED) is 0.771. The molecule has 0 spiro atoms. The third-order valence-electron chi connectivity index (χ3n) is 4.66. The Bertz CT molecular complexity index is 385. The molecular weight excluding hydrogens is 286 g/mol. The number of piperidine rings is 1. The summed E-state index contributed by atoms with van der Waals surface area (Å²) in [7, 11) is 0. The Morgan fingerprint density at radius 3 is 2.56 bits per heavy atom. The molecule has 1 nitrogen and oxygen atoms in total. The fraction of sp³-hybridized carbons (Fsp3) is 0.625. The zero-order valence-corrected chi connectivity index (χ0v) is 12.5. The van der Waals surface area contributed by atoms with Crippen LogP contribution in [0.4, 0.5) is 0 Å². The van der Waals surface area contributed by atoms with Crippen molar-refractivity contribution in [1.82, 2.24) is 4.90 Å². The minimum absolute atomic E-state index is 0.871. The molecule has 1 saturated heterocycles. The maximum absolute atomic E-state index is 3.51. The Morgan fingerprint density at radius 1 is 1.00 bits per heavy atom. The van der Waals surface area contributed by atoms with E-state index in [-0.39, 0.29) is 0 Å². The topological polar surface area (TPSA) is 3.24 Å². The molecule has 18 heavy (non-hydrogen) atoms. The summed E-state index contributed by atoms with van der Waals surface area (Å²) in [6.07, 6.45) is 8.69. The van der Waals surface area contributed by atoms with Gasteiger partial charge in [-0.15, -0.1) is 0 Å². The number of halogens is 1. The van der Waals surface area contributed by atoms with Crippen LogP contribution in [-0.2, 0) is 6.54 Å². The third kappa shape index (κ3) is 2.80. The van der Waals surface area contributed by atoms with Crippen molar-refractivity contribution in [3.05, 3.63) is 34.3 Å². The Balaban J connectivity index is 1.69. The van der Waals surface area contributed by atoms with Gasteiger partial charge in [-0.1, -0.05) is 40.9 Å². The van der Waals surface area contributed by atoms with E-state index < -0.39 is 0 Å². The molecule has 2 aliphatic rings. The van der Waals surface area contributed by atoms with E-state index in [4.69, 9.17) is 0 Å². The standard InChI is InChI=1S/C16H22BrN/c17-15-9-7-13(8-10-15)12-18-11-3-5-14-4-1-2-6-16(14)18/h7-10,14,16H,1-6,11-12H2/t14-,16-/m1/s1. The Kier molecular flexibility index (Phi) is 4.05. The fourth-order valence-electron chi connectivity index (χ4n) is 3.75. The molecule has 0 amide bonds. The fourth-order valence-corrected chi connectivity index (χ4v) is 4.01. The maximum atomic E-state index is 3.51. The SMILES string of the molecule is Brc1ccc(CN2CCC[C@H]3CCCC[C@H]32)cc1. The molecule has 1 saturated carbocycles. The van der Waals surface area contributed by atoms with Crippen molar-refractivity contribution < 1.29 is 0 Å². The van der Waals surface area contributed by atoms with Crippen LogP contribution in [0.1, 0.15) is 44.1 Å². The molecule has 0 radical (unpaired) electrons. The summed E-state index contributed by atoms with van der Waals surface area (Å²) < 4.78 is 1.18. The molecule has 1 aliphatic carbocycles. The third-order valence-corrected chi connectivity index (χ3v) is 5.19. The van der Waals surface area contributed by atoms with E-state index in [0.29, 0.717) is 0 Å². The first-order valence-corrected chi connectivity index (χ1v) is 8.11. The lowest BCUT2D eigenvalue weighted by molar-refractivity contribution is 0.0547.